The predicted molar refractivity (Wildman–Crippen MR) is 101 cm³/mol. The highest BCUT2D eigenvalue weighted by Crippen LogP contribution is 1.94. The number of allylic oxidation sites excluding steroid dienone is 20. The largest absolute Gasteiger partial charge is 0.0842 e. The van der Waals surface area contributed by atoms with Crippen LogP contribution < -0.4 is 0 Å². The van der Waals surface area contributed by atoms with Crippen molar-refractivity contribution in [3.8, 4) is 0 Å². The zero-order chi connectivity index (χ0) is 15.6. The Kier molecular flexibility index (Phi) is 11.7. The van der Waals surface area contributed by atoms with Crippen molar-refractivity contribution in [3.63, 3.8) is 0 Å². The van der Waals surface area contributed by atoms with Gasteiger partial charge >= 0.3 is 0 Å². The SMILES string of the molecule is C1=CCC\C=C/C=C/C=C/C=C\C=C\C=C\C=C\C=C/C=C/1. The summed E-state index contributed by atoms with van der Waals surface area (Å²) in [6, 6.07) is 0. The topological polar surface area (TPSA) is 0 Å². The van der Waals surface area contributed by atoms with E-state index in [1.165, 1.54) is 0 Å². The Bertz CT molecular complexity index is 501. The highest BCUT2D eigenvalue weighted by molar-refractivity contribution is 5.22. The Balaban J connectivity index is 2.60. The van der Waals surface area contributed by atoms with Gasteiger partial charge in [-0.1, -0.05) is 122 Å². The van der Waals surface area contributed by atoms with Crippen molar-refractivity contribution in [2.45, 2.75) is 12.8 Å². The molecule has 112 valence electrons. The molecule has 0 aromatic rings. The molecule has 0 amide bonds. The third-order valence-corrected chi connectivity index (χ3v) is 2.66. The van der Waals surface area contributed by atoms with Crippen LogP contribution in [0.4, 0.5) is 0 Å². The maximum absolute atomic E-state index is 2.18. The molecule has 0 heteroatoms. The van der Waals surface area contributed by atoms with Gasteiger partial charge in [-0.15, -0.1) is 0 Å². The summed E-state index contributed by atoms with van der Waals surface area (Å²) in [6.45, 7) is 0. The molecular weight excluding hydrogens is 264 g/mol. The molecule has 0 aromatic carbocycles. The molecule has 0 radical (unpaired) electrons. The molecule has 0 heterocycles. The lowest BCUT2D eigenvalue weighted by atomic mass is 10.2. The Labute approximate surface area is 135 Å². The van der Waals surface area contributed by atoms with Crippen LogP contribution in [0.25, 0.3) is 0 Å². The molecule has 1 rings (SSSR count). The zero-order valence-electron chi connectivity index (χ0n) is 13.0. The number of hydrogen-bond donors (Lipinski definition) is 0. The smallest absolute Gasteiger partial charge is 0.0313 e. The van der Waals surface area contributed by atoms with Crippen LogP contribution in [0.15, 0.2) is 122 Å². The minimum Gasteiger partial charge on any atom is -0.0842 e. The molecule has 0 saturated heterocycles. The summed E-state index contributed by atoms with van der Waals surface area (Å²) in [4.78, 5) is 0. The van der Waals surface area contributed by atoms with Crippen molar-refractivity contribution < 1.29 is 0 Å². The summed E-state index contributed by atoms with van der Waals surface area (Å²) in [5.74, 6) is 0. The van der Waals surface area contributed by atoms with Crippen molar-refractivity contribution in [2.75, 3.05) is 0 Å². The van der Waals surface area contributed by atoms with Crippen molar-refractivity contribution >= 4 is 0 Å². The number of hydrogen-bond acceptors (Lipinski definition) is 0. The highest BCUT2D eigenvalue weighted by Gasteiger charge is 1.74. The van der Waals surface area contributed by atoms with Gasteiger partial charge in [0.1, 0.15) is 0 Å². The lowest BCUT2D eigenvalue weighted by molar-refractivity contribution is 1.05. The molecule has 0 saturated carbocycles. The van der Waals surface area contributed by atoms with Gasteiger partial charge in [0.2, 0.25) is 0 Å². The van der Waals surface area contributed by atoms with E-state index in [-0.39, 0.29) is 0 Å². The summed E-state index contributed by atoms with van der Waals surface area (Å²) in [5.41, 5.74) is 0. The standard InChI is InChI=1S/C22H24/c1-2-4-6-8-10-12-14-16-18-20-22-21-19-17-15-13-11-9-7-5-3-1/h1-20H,21-22H2/b3-1+,4-2+,7-5-,8-6+,11-9+,12-10-,15-13+,16-14+,19-17-,20-18?. The van der Waals surface area contributed by atoms with Crippen LogP contribution in [0.1, 0.15) is 12.8 Å². The average molecular weight is 288 g/mol. The van der Waals surface area contributed by atoms with Crippen LogP contribution in [-0.2, 0) is 0 Å². The fourth-order valence-electron chi connectivity index (χ4n) is 1.57. The predicted octanol–water partition coefficient (Wildman–Crippen LogP) is 6.34. The molecule has 0 aromatic heterocycles. The minimum absolute atomic E-state index is 1.06. The van der Waals surface area contributed by atoms with E-state index < -0.39 is 0 Å². The summed E-state index contributed by atoms with van der Waals surface area (Å²) in [6.07, 6.45) is 43.0. The number of rotatable bonds is 0. The summed E-state index contributed by atoms with van der Waals surface area (Å²) in [7, 11) is 0. The Morgan fingerprint density at radius 1 is 0.227 bits per heavy atom. The molecule has 1 aliphatic rings. The average Bonchev–Trinajstić information content (AvgIpc) is 2.53. The van der Waals surface area contributed by atoms with Crippen molar-refractivity contribution in [1.82, 2.24) is 0 Å². The van der Waals surface area contributed by atoms with Crippen LogP contribution in [0, 0.1) is 0 Å². The lowest BCUT2D eigenvalue weighted by Crippen LogP contribution is -1.63. The van der Waals surface area contributed by atoms with Gasteiger partial charge in [0.25, 0.3) is 0 Å². The van der Waals surface area contributed by atoms with E-state index in [1.807, 2.05) is 85.1 Å². The second-order valence-electron chi connectivity index (χ2n) is 4.51. The van der Waals surface area contributed by atoms with E-state index in [2.05, 4.69) is 36.5 Å². The van der Waals surface area contributed by atoms with E-state index in [0.29, 0.717) is 0 Å². The van der Waals surface area contributed by atoms with Gasteiger partial charge in [-0.2, -0.15) is 0 Å². The normalized spacial score (nSPS) is 29.8. The van der Waals surface area contributed by atoms with E-state index >= 15 is 0 Å². The van der Waals surface area contributed by atoms with Crippen molar-refractivity contribution in [2.24, 2.45) is 0 Å². The fraction of sp³-hybridized carbons (Fsp3) is 0.0909. The van der Waals surface area contributed by atoms with Gasteiger partial charge in [0.15, 0.2) is 0 Å². The fourth-order valence-corrected chi connectivity index (χ4v) is 1.57. The molecule has 0 fully saturated rings. The molecule has 0 unspecified atom stereocenters. The molecule has 0 bridgehead atoms. The van der Waals surface area contributed by atoms with E-state index in [1.54, 1.807) is 0 Å². The Morgan fingerprint density at radius 3 is 0.636 bits per heavy atom. The molecule has 0 nitrogen and oxygen atoms in total. The molecular formula is C22H24. The van der Waals surface area contributed by atoms with Crippen LogP contribution in [0.3, 0.4) is 0 Å². The highest BCUT2D eigenvalue weighted by atomic mass is 13.8. The Hall–Kier alpha value is -2.60. The monoisotopic (exact) mass is 288 g/mol. The minimum atomic E-state index is 1.06. The third kappa shape index (κ3) is 12.4. The van der Waals surface area contributed by atoms with Gasteiger partial charge in [-0.25, -0.2) is 0 Å². The second kappa shape index (κ2) is 14.8. The Morgan fingerprint density at radius 2 is 0.409 bits per heavy atom. The van der Waals surface area contributed by atoms with Crippen molar-refractivity contribution in [1.29, 1.82) is 0 Å². The van der Waals surface area contributed by atoms with Crippen LogP contribution >= 0.6 is 0 Å². The van der Waals surface area contributed by atoms with Crippen LogP contribution in [0.2, 0.25) is 0 Å². The van der Waals surface area contributed by atoms with Gasteiger partial charge in [0.05, 0.1) is 0 Å². The molecule has 1 aliphatic carbocycles. The third-order valence-electron chi connectivity index (χ3n) is 2.66. The first-order chi connectivity index (χ1) is 11.0. The first-order valence-electron chi connectivity index (χ1n) is 7.65. The lowest BCUT2D eigenvalue weighted by Gasteiger charge is -1.84. The molecule has 0 atom stereocenters. The van der Waals surface area contributed by atoms with Crippen molar-refractivity contribution in [3.05, 3.63) is 122 Å². The quantitative estimate of drug-likeness (QED) is 0.487. The van der Waals surface area contributed by atoms with Gasteiger partial charge in [-0.3, -0.25) is 0 Å². The molecule has 22 heavy (non-hydrogen) atoms. The first-order valence-corrected chi connectivity index (χ1v) is 7.65. The molecule has 0 aliphatic heterocycles. The first kappa shape index (κ1) is 17.5. The maximum atomic E-state index is 2.18. The van der Waals surface area contributed by atoms with Crippen LogP contribution in [0.5, 0.6) is 0 Å². The van der Waals surface area contributed by atoms with Gasteiger partial charge in [0, 0.05) is 0 Å². The summed E-state index contributed by atoms with van der Waals surface area (Å²) in [5, 5.41) is 0. The summed E-state index contributed by atoms with van der Waals surface area (Å²) < 4.78 is 0. The van der Waals surface area contributed by atoms with Crippen LogP contribution in [-0.4, -0.2) is 0 Å². The zero-order valence-corrected chi connectivity index (χ0v) is 13.0. The second-order valence-corrected chi connectivity index (χ2v) is 4.51. The van der Waals surface area contributed by atoms with E-state index in [9.17, 15) is 0 Å². The molecule has 0 spiro atoms. The van der Waals surface area contributed by atoms with E-state index in [0.717, 1.165) is 12.8 Å². The van der Waals surface area contributed by atoms with Gasteiger partial charge in [-0.05, 0) is 12.8 Å². The maximum Gasteiger partial charge on any atom is -0.0313 e. The summed E-state index contributed by atoms with van der Waals surface area (Å²) >= 11 is 0. The molecule has 0 N–H and O–H groups in total. The van der Waals surface area contributed by atoms with E-state index in [4.69, 9.17) is 0 Å². The van der Waals surface area contributed by atoms with Gasteiger partial charge < -0.3 is 0 Å².